The van der Waals surface area contributed by atoms with Gasteiger partial charge < -0.3 is 14.9 Å². The Morgan fingerprint density at radius 2 is 1.94 bits per heavy atom. The van der Waals surface area contributed by atoms with Crippen LogP contribution in [0.1, 0.15) is 26.7 Å². The van der Waals surface area contributed by atoms with Gasteiger partial charge in [-0.15, -0.1) is 0 Å². The number of nitrogens with zero attached hydrogens (tertiary/aromatic N) is 2. The molecular weight excluding hydrogens is 208 g/mol. The summed E-state index contributed by atoms with van der Waals surface area (Å²) in [5, 5.41) is 8.75. The lowest BCUT2D eigenvalue weighted by Crippen LogP contribution is -2.59. The van der Waals surface area contributed by atoms with Crippen LogP contribution in [0.2, 0.25) is 0 Å². The lowest BCUT2D eigenvalue weighted by atomic mass is 10.00. The summed E-state index contributed by atoms with van der Waals surface area (Å²) in [5.74, 6) is -1.17. The fourth-order valence-electron chi connectivity index (χ4n) is 2.42. The van der Waals surface area contributed by atoms with Gasteiger partial charge in [0.15, 0.2) is 0 Å². The molecule has 1 N–H and O–H groups in total. The van der Waals surface area contributed by atoms with Crippen LogP contribution in [0, 0.1) is 5.92 Å². The third-order valence-corrected chi connectivity index (χ3v) is 3.63. The van der Waals surface area contributed by atoms with Gasteiger partial charge in [-0.25, -0.2) is 4.79 Å². The van der Waals surface area contributed by atoms with Crippen molar-refractivity contribution in [3.63, 3.8) is 0 Å². The van der Waals surface area contributed by atoms with Crippen LogP contribution in [0.15, 0.2) is 0 Å². The maximum atomic E-state index is 12.1. The zero-order valence-corrected chi connectivity index (χ0v) is 9.77. The van der Waals surface area contributed by atoms with E-state index in [2.05, 4.69) is 13.8 Å². The Hall–Kier alpha value is -1.26. The minimum absolute atomic E-state index is 0.000000000000000222. The van der Waals surface area contributed by atoms with Crippen molar-refractivity contribution in [1.82, 2.24) is 9.80 Å². The molecule has 0 aromatic carbocycles. The number of amides is 2. The van der Waals surface area contributed by atoms with Crippen molar-refractivity contribution in [2.45, 2.75) is 32.2 Å². The largest absolute Gasteiger partial charge is 0.481 e. The van der Waals surface area contributed by atoms with E-state index in [0.717, 1.165) is 19.4 Å². The van der Waals surface area contributed by atoms with E-state index in [1.54, 1.807) is 4.90 Å². The van der Waals surface area contributed by atoms with E-state index in [1.807, 2.05) is 4.90 Å². The lowest BCUT2D eigenvalue weighted by Gasteiger charge is -2.42. The van der Waals surface area contributed by atoms with Crippen LogP contribution in [0.5, 0.6) is 0 Å². The Balaban J connectivity index is 1.93. The monoisotopic (exact) mass is 226 g/mol. The molecular formula is C11H18N2O3. The molecule has 2 amide bonds. The topological polar surface area (TPSA) is 60.9 Å². The van der Waals surface area contributed by atoms with E-state index in [0.29, 0.717) is 13.1 Å². The van der Waals surface area contributed by atoms with E-state index in [4.69, 9.17) is 5.11 Å². The molecule has 0 unspecified atom stereocenters. The number of carboxylic acids is 1. The molecule has 5 heteroatoms. The molecule has 2 saturated heterocycles. The first-order valence-electron chi connectivity index (χ1n) is 5.71. The van der Waals surface area contributed by atoms with Gasteiger partial charge in [-0.3, -0.25) is 4.79 Å². The SMILES string of the molecule is CC1(C)CCCN1C(=O)N1CC(C(=O)O)C1. The second-order valence-corrected chi connectivity index (χ2v) is 5.29. The summed E-state index contributed by atoms with van der Waals surface area (Å²) in [7, 11) is 0. The summed E-state index contributed by atoms with van der Waals surface area (Å²) < 4.78 is 0. The van der Waals surface area contributed by atoms with Gasteiger partial charge in [-0.1, -0.05) is 0 Å². The van der Waals surface area contributed by atoms with Crippen molar-refractivity contribution in [1.29, 1.82) is 0 Å². The average molecular weight is 226 g/mol. The first kappa shape index (κ1) is 11.2. The van der Waals surface area contributed by atoms with Gasteiger partial charge in [0.1, 0.15) is 0 Å². The van der Waals surface area contributed by atoms with E-state index in [9.17, 15) is 9.59 Å². The third-order valence-electron chi connectivity index (χ3n) is 3.63. The van der Waals surface area contributed by atoms with E-state index in [1.165, 1.54) is 0 Å². The molecule has 0 saturated carbocycles. The van der Waals surface area contributed by atoms with Crippen molar-refractivity contribution < 1.29 is 14.7 Å². The van der Waals surface area contributed by atoms with Gasteiger partial charge >= 0.3 is 12.0 Å². The number of carboxylic acid groups (broad SMARTS) is 1. The highest BCUT2D eigenvalue weighted by Gasteiger charge is 2.42. The molecule has 5 nitrogen and oxygen atoms in total. The van der Waals surface area contributed by atoms with Gasteiger partial charge in [-0.05, 0) is 26.7 Å². The number of likely N-dealkylation sites (tertiary alicyclic amines) is 2. The molecule has 2 aliphatic heterocycles. The molecule has 90 valence electrons. The van der Waals surface area contributed by atoms with Gasteiger partial charge in [0.25, 0.3) is 0 Å². The highest BCUT2D eigenvalue weighted by molar-refractivity contribution is 5.80. The quantitative estimate of drug-likeness (QED) is 0.725. The number of hydrogen-bond acceptors (Lipinski definition) is 2. The summed E-state index contributed by atoms with van der Waals surface area (Å²) in [4.78, 5) is 26.2. The van der Waals surface area contributed by atoms with Crippen molar-refractivity contribution in [2.75, 3.05) is 19.6 Å². The minimum atomic E-state index is -0.801. The number of aliphatic carboxylic acids is 1. The molecule has 2 rings (SSSR count). The van der Waals surface area contributed by atoms with Crippen LogP contribution >= 0.6 is 0 Å². The number of urea groups is 1. The van der Waals surface area contributed by atoms with Gasteiger partial charge in [-0.2, -0.15) is 0 Å². The first-order chi connectivity index (χ1) is 7.42. The molecule has 0 aromatic heterocycles. The molecule has 0 aliphatic carbocycles. The molecule has 16 heavy (non-hydrogen) atoms. The minimum Gasteiger partial charge on any atom is -0.481 e. The summed E-state index contributed by atoms with van der Waals surface area (Å²) >= 11 is 0. The van der Waals surface area contributed by atoms with Gasteiger partial charge in [0, 0.05) is 25.2 Å². The summed E-state index contributed by atoms with van der Waals surface area (Å²) in [6.45, 7) is 5.64. The van der Waals surface area contributed by atoms with Crippen LogP contribution in [0.4, 0.5) is 4.79 Å². The van der Waals surface area contributed by atoms with Crippen molar-refractivity contribution >= 4 is 12.0 Å². The molecule has 0 bridgehead atoms. The van der Waals surface area contributed by atoms with Crippen molar-refractivity contribution in [2.24, 2.45) is 5.92 Å². The first-order valence-corrected chi connectivity index (χ1v) is 5.71. The zero-order valence-electron chi connectivity index (χ0n) is 9.77. The predicted octanol–water partition coefficient (Wildman–Crippen LogP) is 0.997. The van der Waals surface area contributed by atoms with E-state index in [-0.39, 0.29) is 17.5 Å². The Morgan fingerprint density at radius 1 is 1.31 bits per heavy atom. The molecule has 2 heterocycles. The Kier molecular flexibility index (Phi) is 2.56. The fraction of sp³-hybridized carbons (Fsp3) is 0.818. The summed E-state index contributed by atoms with van der Waals surface area (Å²) in [5.41, 5.74) is -0.0780. The molecule has 2 fully saturated rings. The summed E-state index contributed by atoms with van der Waals surface area (Å²) in [6.07, 6.45) is 2.06. The van der Waals surface area contributed by atoms with Gasteiger partial charge in [0.05, 0.1) is 5.92 Å². The van der Waals surface area contributed by atoms with E-state index < -0.39 is 5.97 Å². The Bertz CT molecular complexity index is 321. The maximum Gasteiger partial charge on any atom is 0.320 e. The lowest BCUT2D eigenvalue weighted by molar-refractivity contribution is -0.146. The summed E-state index contributed by atoms with van der Waals surface area (Å²) in [6, 6.07) is 0.000000000000000222. The Morgan fingerprint density at radius 3 is 2.38 bits per heavy atom. The fourth-order valence-corrected chi connectivity index (χ4v) is 2.42. The third kappa shape index (κ3) is 1.74. The second-order valence-electron chi connectivity index (χ2n) is 5.29. The molecule has 0 aromatic rings. The second kappa shape index (κ2) is 3.64. The molecule has 0 radical (unpaired) electrons. The molecule has 0 spiro atoms. The van der Waals surface area contributed by atoms with Crippen molar-refractivity contribution in [3.8, 4) is 0 Å². The average Bonchev–Trinajstić information content (AvgIpc) is 2.41. The smallest absolute Gasteiger partial charge is 0.320 e. The zero-order chi connectivity index (χ0) is 11.9. The van der Waals surface area contributed by atoms with Crippen LogP contribution < -0.4 is 0 Å². The normalized spacial score (nSPS) is 24.4. The molecule has 0 atom stereocenters. The highest BCUT2D eigenvalue weighted by Crippen LogP contribution is 2.30. The van der Waals surface area contributed by atoms with Gasteiger partial charge in [0.2, 0.25) is 0 Å². The number of carbonyl (C=O) groups excluding carboxylic acids is 1. The van der Waals surface area contributed by atoms with E-state index >= 15 is 0 Å². The molecule has 2 aliphatic rings. The standard InChI is InChI=1S/C11H18N2O3/c1-11(2)4-3-5-13(11)10(16)12-6-8(7-12)9(14)15/h8H,3-7H2,1-2H3,(H,14,15). The number of hydrogen-bond donors (Lipinski definition) is 1. The van der Waals surface area contributed by atoms with Crippen LogP contribution in [0.25, 0.3) is 0 Å². The van der Waals surface area contributed by atoms with Crippen LogP contribution in [-0.2, 0) is 4.79 Å². The maximum absolute atomic E-state index is 12.1. The number of carbonyl (C=O) groups is 2. The predicted molar refractivity (Wildman–Crippen MR) is 58.1 cm³/mol. The van der Waals surface area contributed by atoms with Crippen LogP contribution in [0.3, 0.4) is 0 Å². The van der Waals surface area contributed by atoms with Crippen molar-refractivity contribution in [3.05, 3.63) is 0 Å². The van der Waals surface area contributed by atoms with Crippen LogP contribution in [-0.4, -0.2) is 52.1 Å². The number of rotatable bonds is 1. The highest BCUT2D eigenvalue weighted by atomic mass is 16.4. The Labute approximate surface area is 95.0 Å².